The van der Waals surface area contributed by atoms with Crippen LogP contribution in [0.25, 0.3) is 10.8 Å². The molecule has 282 valence electrons. The Kier molecular flexibility index (Phi) is 12.3. The van der Waals surface area contributed by atoms with Gasteiger partial charge in [0.05, 0.1) is 18.3 Å². The van der Waals surface area contributed by atoms with Crippen LogP contribution < -0.4 is 20.1 Å². The van der Waals surface area contributed by atoms with Crippen LogP contribution in [0.4, 0.5) is 4.79 Å². The van der Waals surface area contributed by atoms with Crippen molar-refractivity contribution in [2.45, 2.75) is 94.4 Å². The molecule has 0 spiro atoms. The van der Waals surface area contributed by atoms with E-state index in [9.17, 15) is 32.4 Å². The maximum Gasteiger partial charge on any atom is 0.408 e. The normalized spacial score (nSPS) is 19.1. The standard InChI is InChI=1S/C36H48N6O9S/c1-8-18-36(10-3,33(46)40-52(48,49)25-15-16-25)39-30(44)28-20-24(50-31-26-14-12-11-13-23(26)17-19-37-31)21-42(28)32(45)27(22-41(7)29(43)9-2)38-34(47)51-35(4,5)6/h8-9,11-14,17,19,24-25,27-28H,1-2,10,15-16,18,20-22H2,3-7H3,(H,38,47)(H,39,44)(H,40,46). The fraction of sp³-hybridized carbons (Fsp3) is 0.500. The number of nitrogens with one attached hydrogen (secondary N) is 3. The number of benzene rings is 1. The number of likely N-dealkylation sites (N-methyl/N-ethyl adjacent to an activating group) is 1. The minimum Gasteiger partial charge on any atom is -0.472 e. The van der Waals surface area contributed by atoms with Crippen LogP contribution in [-0.4, -0.2) is 108 Å². The highest BCUT2D eigenvalue weighted by atomic mass is 32.2. The summed E-state index contributed by atoms with van der Waals surface area (Å²) in [5.74, 6) is -2.67. The van der Waals surface area contributed by atoms with E-state index < -0.39 is 74.3 Å². The van der Waals surface area contributed by atoms with Crippen LogP contribution in [0.1, 0.15) is 59.8 Å². The number of amides is 5. The number of hydrogen-bond acceptors (Lipinski definition) is 10. The zero-order valence-corrected chi connectivity index (χ0v) is 31.0. The lowest BCUT2D eigenvalue weighted by Gasteiger charge is -2.35. The number of rotatable bonds is 15. The van der Waals surface area contributed by atoms with E-state index in [1.54, 1.807) is 33.9 Å². The highest BCUT2D eigenvalue weighted by molar-refractivity contribution is 7.91. The van der Waals surface area contributed by atoms with E-state index >= 15 is 0 Å². The van der Waals surface area contributed by atoms with Crippen molar-refractivity contribution in [2.75, 3.05) is 20.1 Å². The van der Waals surface area contributed by atoms with E-state index in [1.165, 1.54) is 22.9 Å². The van der Waals surface area contributed by atoms with Gasteiger partial charge in [0.25, 0.3) is 5.91 Å². The molecule has 4 rings (SSSR count). The van der Waals surface area contributed by atoms with E-state index in [-0.39, 0.29) is 38.2 Å². The molecule has 1 saturated heterocycles. The van der Waals surface area contributed by atoms with Crippen molar-refractivity contribution < 1.29 is 41.9 Å². The van der Waals surface area contributed by atoms with Crippen molar-refractivity contribution in [1.29, 1.82) is 0 Å². The minimum absolute atomic E-state index is 0.00537. The Hall–Kier alpha value is -4.99. The summed E-state index contributed by atoms with van der Waals surface area (Å²) in [5, 5.41) is 6.15. The van der Waals surface area contributed by atoms with E-state index in [2.05, 4.69) is 33.5 Å². The van der Waals surface area contributed by atoms with Gasteiger partial charge in [0.2, 0.25) is 33.6 Å². The molecule has 1 saturated carbocycles. The molecule has 5 amide bonds. The van der Waals surface area contributed by atoms with Crippen molar-refractivity contribution in [3.63, 3.8) is 0 Å². The zero-order chi connectivity index (χ0) is 38.4. The van der Waals surface area contributed by atoms with Crippen LogP contribution in [0.3, 0.4) is 0 Å². The molecular formula is C36H48N6O9S. The number of hydrogen-bond donors (Lipinski definition) is 3. The average Bonchev–Trinajstić information content (AvgIpc) is 3.87. The lowest BCUT2D eigenvalue weighted by Crippen LogP contribution is -2.63. The van der Waals surface area contributed by atoms with Gasteiger partial charge in [-0.1, -0.05) is 37.8 Å². The lowest BCUT2D eigenvalue weighted by atomic mass is 9.90. The van der Waals surface area contributed by atoms with Gasteiger partial charge in [-0.2, -0.15) is 0 Å². The second-order valence-electron chi connectivity index (χ2n) is 14.0. The summed E-state index contributed by atoms with van der Waals surface area (Å²) in [4.78, 5) is 74.6. The van der Waals surface area contributed by atoms with Crippen molar-refractivity contribution >= 4 is 50.5 Å². The molecule has 2 aliphatic rings. The van der Waals surface area contributed by atoms with Gasteiger partial charge >= 0.3 is 6.09 Å². The number of carbonyl (C=O) groups is 5. The summed E-state index contributed by atoms with van der Waals surface area (Å²) < 4.78 is 39.3. The Bertz CT molecular complexity index is 1820. The van der Waals surface area contributed by atoms with Gasteiger partial charge in [-0.25, -0.2) is 18.2 Å². The summed E-state index contributed by atoms with van der Waals surface area (Å²) in [6.45, 7) is 13.3. The molecule has 4 atom stereocenters. The van der Waals surface area contributed by atoms with Gasteiger partial charge < -0.3 is 29.9 Å². The maximum atomic E-state index is 14.4. The van der Waals surface area contributed by atoms with Gasteiger partial charge in [0, 0.05) is 25.1 Å². The number of fused-ring (bicyclic) bond motifs is 1. The first kappa shape index (κ1) is 39.8. The van der Waals surface area contributed by atoms with Crippen LogP contribution in [0.5, 0.6) is 5.88 Å². The number of nitrogens with zero attached hydrogens (tertiary/aromatic N) is 3. The summed E-state index contributed by atoms with van der Waals surface area (Å²) in [7, 11) is -2.54. The second-order valence-corrected chi connectivity index (χ2v) is 16.0. The van der Waals surface area contributed by atoms with Gasteiger partial charge in [-0.3, -0.25) is 23.9 Å². The smallest absolute Gasteiger partial charge is 0.408 e. The van der Waals surface area contributed by atoms with E-state index in [1.807, 2.05) is 30.3 Å². The highest BCUT2D eigenvalue weighted by Crippen LogP contribution is 2.31. The van der Waals surface area contributed by atoms with Crippen LogP contribution in [0, 0.1) is 0 Å². The molecular weight excluding hydrogens is 692 g/mol. The molecule has 3 N–H and O–H groups in total. The monoisotopic (exact) mass is 740 g/mol. The zero-order valence-electron chi connectivity index (χ0n) is 30.2. The van der Waals surface area contributed by atoms with Crippen molar-refractivity contribution in [3.8, 4) is 5.88 Å². The third kappa shape index (κ3) is 9.66. The van der Waals surface area contributed by atoms with Gasteiger partial charge in [-0.15, -0.1) is 6.58 Å². The fourth-order valence-electron chi connectivity index (χ4n) is 5.92. The molecule has 0 radical (unpaired) electrons. The molecule has 16 heteroatoms. The number of aromatic nitrogens is 1. The molecule has 0 bridgehead atoms. The molecule has 4 unspecified atom stereocenters. The molecule has 1 aromatic heterocycles. The molecule has 1 aromatic carbocycles. The lowest BCUT2D eigenvalue weighted by molar-refractivity contribution is -0.142. The topological polar surface area (TPSA) is 193 Å². The quantitative estimate of drug-likeness (QED) is 0.181. The van der Waals surface area contributed by atoms with Crippen LogP contribution >= 0.6 is 0 Å². The number of pyridine rings is 1. The number of alkyl carbamates (subject to hydrolysis) is 1. The summed E-state index contributed by atoms with van der Waals surface area (Å²) in [5.41, 5.74) is -2.64. The molecule has 2 heterocycles. The molecule has 2 fully saturated rings. The van der Waals surface area contributed by atoms with Crippen molar-refractivity contribution in [3.05, 3.63) is 61.8 Å². The predicted molar refractivity (Wildman–Crippen MR) is 193 cm³/mol. The summed E-state index contributed by atoms with van der Waals surface area (Å²) in [6.07, 6.45) is 2.99. The van der Waals surface area contributed by atoms with Crippen LogP contribution in [0.15, 0.2) is 61.8 Å². The first-order chi connectivity index (χ1) is 24.4. The summed E-state index contributed by atoms with van der Waals surface area (Å²) >= 11 is 0. The van der Waals surface area contributed by atoms with Gasteiger partial charge in [0.1, 0.15) is 29.3 Å². The average molecular weight is 741 g/mol. The molecule has 1 aliphatic carbocycles. The van der Waals surface area contributed by atoms with E-state index in [0.29, 0.717) is 18.2 Å². The molecule has 15 nitrogen and oxygen atoms in total. The van der Waals surface area contributed by atoms with Crippen molar-refractivity contribution in [1.82, 2.24) is 30.1 Å². The van der Waals surface area contributed by atoms with Crippen LogP contribution in [-0.2, 0) is 33.9 Å². The third-order valence-corrected chi connectivity index (χ3v) is 10.7. The molecule has 2 aromatic rings. The minimum atomic E-state index is -3.96. The fourth-order valence-corrected chi connectivity index (χ4v) is 7.30. The van der Waals surface area contributed by atoms with Gasteiger partial charge in [0.15, 0.2) is 0 Å². The van der Waals surface area contributed by atoms with E-state index in [0.717, 1.165) is 11.5 Å². The predicted octanol–water partition coefficient (Wildman–Crippen LogP) is 2.57. The molecule has 1 aliphatic heterocycles. The highest BCUT2D eigenvalue weighted by Gasteiger charge is 2.48. The third-order valence-electron chi connectivity index (χ3n) is 8.85. The number of carbonyl (C=O) groups excluding carboxylic acids is 5. The van der Waals surface area contributed by atoms with Crippen LogP contribution in [0.2, 0.25) is 0 Å². The van der Waals surface area contributed by atoms with Gasteiger partial charge in [-0.05, 0) is 70.0 Å². The largest absolute Gasteiger partial charge is 0.472 e. The van der Waals surface area contributed by atoms with Crippen molar-refractivity contribution in [2.24, 2.45) is 0 Å². The Balaban J connectivity index is 1.70. The number of sulfonamides is 1. The Morgan fingerprint density at radius 3 is 2.42 bits per heavy atom. The number of likely N-dealkylation sites (tertiary alicyclic amines) is 1. The Morgan fingerprint density at radius 1 is 1.12 bits per heavy atom. The Morgan fingerprint density at radius 2 is 1.81 bits per heavy atom. The SMILES string of the molecule is C=CCC(CC)(NC(=O)C1CC(Oc2nccc3ccccc23)CN1C(=O)C(CN(C)C(=O)C=C)NC(=O)OC(C)(C)C)C(=O)NS(=O)(=O)C1CC1. The first-order valence-electron chi connectivity index (χ1n) is 17.1. The Labute approximate surface area is 304 Å². The summed E-state index contributed by atoms with van der Waals surface area (Å²) in [6, 6.07) is 6.57. The molecule has 52 heavy (non-hydrogen) atoms. The first-order valence-corrected chi connectivity index (χ1v) is 18.6. The second kappa shape index (κ2) is 16.1. The maximum absolute atomic E-state index is 14.4. The number of ether oxygens (including phenoxy) is 2. The van der Waals surface area contributed by atoms with E-state index in [4.69, 9.17) is 9.47 Å².